The maximum atomic E-state index is 13.8. The molecule has 3 aromatic carbocycles. The zero-order chi connectivity index (χ0) is 23.6. The van der Waals surface area contributed by atoms with Gasteiger partial charge in [-0.3, -0.25) is 9.59 Å². The van der Waals surface area contributed by atoms with Crippen molar-refractivity contribution in [3.63, 3.8) is 0 Å². The summed E-state index contributed by atoms with van der Waals surface area (Å²) in [6, 6.07) is 27.0. The SMILES string of the molecule is CCNC(=O)C(CC)N(Cc1ccccc1Cl)C(=O)CC(c1ccccc1)c1ccccc1. The van der Waals surface area contributed by atoms with E-state index in [4.69, 9.17) is 11.6 Å². The van der Waals surface area contributed by atoms with Crippen molar-refractivity contribution >= 4 is 23.4 Å². The van der Waals surface area contributed by atoms with Crippen LogP contribution in [-0.4, -0.2) is 29.3 Å². The zero-order valence-corrected chi connectivity index (χ0v) is 20.0. The van der Waals surface area contributed by atoms with Crippen molar-refractivity contribution in [3.8, 4) is 0 Å². The lowest BCUT2D eigenvalue weighted by Gasteiger charge is -2.32. The molecule has 33 heavy (non-hydrogen) atoms. The number of hydrogen-bond acceptors (Lipinski definition) is 2. The minimum Gasteiger partial charge on any atom is -0.355 e. The summed E-state index contributed by atoms with van der Waals surface area (Å²) in [5, 5.41) is 3.47. The van der Waals surface area contributed by atoms with E-state index in [-0.39, 0.29) is 30.7 Å². The number of nitrogens with one attached hydrogen (secondary N) is 1. The van der Waals surface area contributed by atoms with Crippen molar-refractivity contribution in [2.24, 2.45) is 0 Å². The van der Waals surface area contributed by atoms with Gasteiger partial charge in [-0.05, 0) is 36.1 Å². The summed E-state index contributed by atoms with van der Waals surface area (Å²) < 4.78 is 0. The van der Waals surface area contributed by atoms with Gasteiger partial charge >= 0.3 is 0 Å². The van der Waals surface area contributed by atoms with E-state index in [1.54, 1.807) is 4.90 Å². The van der Waals surface area contributed by atoms with Crippen molar-refractivity contribution in [1.29, 1.82) is 0 Å². The summed E-state index contributed by atoms with van der Waals surface area (Å²) >= 11 is 6.42. The van der Waals surface area contributed by atoms with E-state index >= 15 is 0 Å². The molecule has 0 radical (unpaired) electrons. The fourth-order valence-electron chi connectivity index (χ4n) is 4.11. The number of amides is 2. The van der Waals surface area contributed by atoms with Crippen LogP contribution in [0, 0.1) is 0 Å². The van der Waals surface area contributed by atoms with E-state index in [2.05, 4.69) is 5.32 Å². The molecule has 0 bridgehead atoms. The van der Waals surface area contributed by atoms with Crippen LogP contribution in [0.2, 0.25) is 5.02 Å². The Bertz CT molecular complexity index is 1000. The molecular formula is C28H31ClN2O2. The van der Waals surface area contributed by atoms with E-state index in [1.165, 1.54) is 0 Å². The average molecular weight is 463 g/mol. The lowest BCUT2D eigenvalue weighted by Crippen LogP contribution is -2.49. The number of hydrogen-bond donors (Lipinski definition) is 1. The highest BCUT2D eigenvalue weighted by atomic mass is 35.5. The van der Waals surface area contributed by atoms with Gasteiger partial charge in [0.15, 0.2) is 0 Å². The van der Waals surface area contributed by atoms with Crippen LogP contribution >= 0.6 is 11.6 Å². The Morgan fingerprint density at radius 1 is 0.848 bits per heavy atom. The van der Waals surface area contributed by atoms with Crippen molar-refractivity contribution in [2.75, 3.05) is 6.54 Å². The third-order valence-electron chi connectivity index (χ3n) is 5.82. The van der Waals surface area contributed by atoms with Crippen molar-refractivity contribution in [1.82, 2.24) is 10.2 Å². The summed E-state index contributed by atoms with van der Waals surface area (Å²) in [6.45, 7) is 4.61. The molecule has 0 fully saturated rings. The van der Waals surface area contributed by atoms with Gasteiger partial charge in [0.25, 0.3) is 0 Å². The summed E-state index contributed by atoms with van der Waals surface area (Å²) in [6.07, 6.45) is 0.776. The first kappa shape index (κ1) is 24.5. The van der Waals surface area contributed by atoms with Crippen LogP contribution in [0.4, 0.5) is 0 Å². The minimum absolute atomic E-state index is 0.0780. The Labute approximate surface area is 201 Å². The predicted octanol–water partition coefficient (Wildman–Crippen LogP) is 5.81. The van der Waals surface area contributed by atoms with Crippen LogP contribution in [0.3, 0.4) is 0 Å². The van der Waals surface area contributed by atoms with Crippen LogP contribution < -0.4 is 5.32 Å². The molecular weight excluding hydrogens is 432 g/mol. The summed E-state index contributed by atoms with van der Waals surface area (Å²) in [5.74, 6) is -0.331. The highest BCUT2D eigenvalue weighted by Crippen LogP contribution is 2.30. The molecule has 0 aliphatic rings. The highest BCUT2D eigenvalue weighted by molar-refractivity contribution is 6.31. The highest BCUT2D eigenvalue weighted by Gasteiger charge is 2.31. The molecule has 0 aliphatic carbocycles. The van der Waals surface area contributed by atoms with Crippen LogP contribution in [0.25, 0.3) is 0 Å². The molecule has 5 heteroatoms. The fraction of sp³-hybridized carbons (Fsp3) is 0.286. The van der Waals surface area contributed by atoms with E-state index < -0.39 is 6.04 Å². The Balaban J connectivity index is 1.96. The van der Waals surface area contributed by atoms with Gasteiger partial charge < -0.3 is 10.2 Å². The smallest absolute Gasteiger partial charge is 0.242 e. The number of likely N-dealkylation sites (N-methyl/N-ethyl adjacent to an activating group) is 1. The van der Waals surface area contributed by atoms with Gasteiger partial charge in [0.2, 0.25) is 11.8 Å². The van der Waals surface area contributed by atoms with Gasteiger partial charge in [-0.15, -0.1) is 0 Å². The summed E-state index contributed by atoms with van der Waals surface area (Å²) in [7, 11) is 0. The van der Waals surface area contributed by atoms with Crippen LogP contribution in [0.5, 0.6) is 0 Å². The fourth-order valence-corrected chi connectivity index (χ4v) is 4.31. The molecule has 1 unspecified atom stereocenters. The molecule has 1 N–H and O–H groups in total. The summed E-state index contributed by atoms with van der Waals surface area (Å²) in [5.41, 5.74) is 2.97. The van der Waals surface area contributed by atoms with E-state index in [0.717, 1.165) is 16.7 Å². The number of carbonyl (C=O) groups is 2. The number of halogens is 1. The van der Waals surface area contributed by atoms with Gasteiger partial charge in [-0.2, -0.15) is 0 Å². The normalized spacial score (nSPS) is 11.8. The molecule has 3 rings (SSSR count). The first-order valence-electron chi connectivity index (χ1n) is 11.5. The van der Waals surface area contributed by atoms with Gasteiger partial charge in [-0.25, -0.2) is 0 Å². The van der Waals surface area contributed by atoms with E-state index in [1.807, 2.05) is 98.8 Å². The third kappa shape index (κ3) is 6.45. The quantitative estimate of drug-likeness (QED) is 0.413. The molecule has 4 nitrogen and oxygen atoms in total. The monoisotopic (exact) mass is 462 g/mol. The van der Waals surface area contributed by atoms with Crippen LogP contribution in [0.15, 0.2) is 84.9 Å². The molecule has 0 saturated heterocycles. The van der Waals surface area contributed by atoms with Crippen molar-refractivity contribution < 1.29 is 9.59 Å². The second kappa shape index (κ2) is 12.2. The van der Waals surface area contributed by atoms with Gasteiger partial charge in [0.05, 0.1) is 0 Å². The van der Waals surface area contributed by atoms with Gasteiger partial charge in [-0.1, -0.05) is 97.4 Å². The van der Waals surface area contributed by atoms with Gasteiger partial charge in [0.1, 0.15) is 6.04 Å². The lowest BCUT2D eigenvalue weighted by atomic mass is 9.88. The van der Waals surface area contributed by atoms with Gasteiger partial charge in [0, 0.05) is 30.5 Å². The Kier molecular flexibility index (Phi) is 9.08. The molecule has 0 saturated carbocycles. The summed E-state index contributed by atoms with van der Waals surface area (Å²) in [4.78, 5) is 28.4. The Morgan fingerprint density at radius 3 is 1.91 bits per heavy atom. The second-order valence-corrected chi connectivity index (χ2v) is 8.42. The maximum Gasteiger partial charge on any atom is 0.242 e. The standard InChI is InChI=1S/C28H31ClN2O2/c1-3-26(28(33)30-4-2)31(20-23-17-11-12-18-25(23)29)27(32)19-24(21-13-7-5-8-14-21)22-15-9-6-10-16-22/h5-18,24,26H,3-4,19-20H2,1-2H3,(H,30,33). The predicted molar refractivity (Wildman–Crippen MR) is 134 cm³/mol. The molecule has 0 aromatic heterocycles. The molecule has 0 heterocycles. The van der Waals surface area contributed by atoms with E-state index in [0.29, 0.717) is 18.0 Å². The average Bonchev–Trinajstić information content (AvgIpc) is 2.84. The second-order valence-electron chi connectivity index (χ2n) is 8.01. The Hall–Kier alpha value is -3.11. The topological polar surface area (TPSA) is 49.4 Å². The van der Waals surface area contributed by atoms with Crippen molar-refractivity contribution in [2.45, 2.75) is 45.2 Å². The zero-order valence-electron chi connectivity index (χ0n) is 19.2. The maximum absolute atomic E-state index is 13.8. The van der Waals surface area contributed by atoms with Crippen LogP contribution in [-0.2, 0) is 16.1 Å². The van der Waals surface area contributed by atoms with E-state index in [9.17, 15) is 9.59 Å². The molecule has 0 spiro atoms. The molecule has 0 aliphatic heterocycles. The van der Waals surface area contributed by atoms with Crippen LogP contribution in [0.1, 0.15) is 49.3 Å². The van der Waals surface area contributed by atoms with Crippen molar-refractivity contribution in [3.05, 3.63) is 107 Å². The lowest BCUT2D eigenvalue weighted by molar-refractivity contribution is -0.141. The number of nitrogens with zero attached hydrogens (tertiary/aromatic N) is 1. The molecule has 172 valence electrons. The number of rotatable bonds is 10. The molecule has 1 atom stereocenters. The minimum atomic E-state index is -0.569. The number of carbonyl (C=O) groups excluding carboxylic acids is 2. The molecule has 3 aromatic rings. The largest absolute Gasteiger partial charge is 0.355 e. The number of benzene rings is 3. The third-order valence-corrected chi connectivity index (χ3v) is 6.19. The molecule has 2 amide bonds. The first-order valence-corrected chi connectivity index (χ1v) is 11.8. The Morgan fingerprint density at radius 2 is 1.39 bits per heavy atom. The first-order chi connectivity index (χ1) is 16.0.